The lowest BCUT2D eigenvalue weighted by Gasteiger charge is -2.16. The number of hydrogen-bond donors (Lipinski definition) is 1. The van der Waals surface area contributed by atoms with Gasteiger partial charge in [0.2, 0.25) is 0 Å². The summed E-state index contributed by atoms with van der Waals surface area (Å²) in [5.41, 5.74) is 5.67. The van der Waals surface area contributed by atoms with Crippen LogP contribution in [0.2, 0.25) is 0 Å². The fraction of sp³-hybridized carbons (Fsp3) is 0.889. The van der Waals surface area contributed by atoms with E-state index in [1.807, 2.05) is 13.8 Å². The minimum atomic E-state index is -0.472. The molecule has 0 aliphatic carbocycles. The van der Waals surface area contributed by atoms with Crippen molar-refractivity contribution in [2.24, 2.45) is 11.7 Å². The van der Waals surface area contributed by atoms with Gasteiger partial charge in [0.25, 0.3) is 0 Å². The molecule has 0 aliphatic heterocycles. The van der Waals surface area contributed by atoms with Crippen molar-refractivity contribution in [3.05, 3.63) is 0 Å². The van der Waals surface area contributed by atoms with Crippen molar-refractivity contribution < 1.29 is 9.53 Å². The van der Waals surface area contributed by atoms with Crippen LogP contribution in [0.1, 0.15) is 26.7 Å². The first kappa shape index (κ1) is 12.9. The molecule has 3 nitrogen and oxygen atoms in total. The van der Waals surface area contributed by atoms with Crippen molar-refractivity contribution in [2.75, 3.05) is 11.9 Å². The summed E-state index contributed by atoms with van der Waals surface area (Å²) in [6.07, 6.45) is 1.73. The highest BCUT2D eigenvalue weighted by Crippen LogP contribution is 2.06. The topological polar surface area (TPSA) is 52.3 Å². The average Bonchev–Trinajstić information content (AvgIpc) is 2.15. The lowest BCUT2D eigenvalue weighted by Crippen LogP contribution is -2.38. The summed E-state index contributed by atoms with van der Waals surface area (Å²) in [6, 6.07) is -0.472. The highest BCUT2D eigenvalue weighted by atomic mass is 79.9. The minimum Gasteiger partial charge on any atom is -0.464 e. The van der Waals surface area contributed by atoms with Crippen molar-refractivity contribution in [3.63, 3.8) is 0 Å². The molecule has 2 atom stereocenters. The second-order valence-electron chi connectivity index (χ2n) is 3.12. The summed E-state index contributed by atoms with van der Waals surface area (Å²) in [5, 5.41) is 0.846. The molecule has 78 valence electrons. The molecule has 0 saturated carbocycles. The molecule has 0 aromatic rings. The molecule has 13 heavy (non-hydrogen) atoms. The third-order valence-electron chi connectivity index (χ3n) is 2.05. The molecule has 0 aromatic heterocycles. The molecular weight excluding hydrogens is 234 g/mol. The van der Waals surface area contributed by atoms with Gasteiger partial charge >= 0.3 is 5.97 Å². The summed E-state index contributed by atoms with van der Waals surface area (Å²) >= 11 is 3.26. The van der Waals surface area contributed by atoms with Gasteiger partial charge in [-0.25, -0.2) is 0 Å². The third-order valence-corrected chi connectivity index (χ3v) is 2.61. The van der Waals surface area contributed by atoms with Crippen LogP contribution in [0.25, 0.3) is 0 Å². The molecule has 0 spiro atoms. The van der Waals surface area contributed by atoms with Crippen molar-refractivity contribution in [1.29, 1.82) is 0 Å². The summed E-state index contributed by atoms with van der Waals surface area (Å²) in [6.45, 7) is 4.42. The van der Waals surface area contributed by atoms with Crippen molar-refractivity contribution in [1.82, 2.24) is 0 Å². The molecule has 0 bridgehead atoms. The van der Waals surface area contributed by atoms with E-state index in [0.717, 1.165) is 18.2 Å². The highest BCUT2D eigenvalue weighted by Gasteiger charge is 2.20. The lowest BCUT2D eigenvalue weighted by atomic mass is 10.0. The minimum absolute atomic E-state index is 0.191. The molecule has 0 amide bonds. The van der Waals surface area contributed by atoms with Crippen LogP contribution >= 0.6 is 15.9 Å². The fourth-order valence-electron chi connectivity index (χ4n) is 0.810. The van der Waals surface area contributed by atoms with Gasteiger partial charge in [0, 0.05) is 5.33 Å². The van der Waals surface area contributed by atoms with Gasteiger partial charge in [0.05, 0.1) is 6.61 Å². The standard InChI is InChI=1S/C9H18BrNO2/c1-3-7(2)8(11)9(12)13-6-4-5-10/h7-8H,3-6,11H2,1-2H3/t7-,8-/m0/s1. The van der Waals surface area contributed by atoms with E-state index < -0.39 is 6.04 Å². The number of ether oxygens (including phenoxy) is 1. The Hall–Kier alpha value is -0.0900. The van der Waals surface area contributed by atoms with E-state index in [-0.39, 0.29) is 11.9 Å². The number of esters is 1. The maximum absolute atomic E-state index is 11.3. The fourth-order valence-corrected chi connectivity index (χ4v) is 1.04. The quantitative estimate of drug-likeness (QED) is 0.444. The maximum Gasteiger partial charge on any atom is 0.323 e. The molecule has 0 fully saturated rings. The van der Waals surface area contributed by atoms with Gasteiger partial charge in [-0.3, -0.25) is 4.79 Å². The maximum atomic E-state index is 11.3. The Labute approximate surface area is 88.1 Å². The predicted octanol–water partition coefficient (Wildman–Crippen LogP) is 1.69. The van der Waals surface area contributed by atoms with Crippen LogP contribution in [0.15, 0.2) is 0 Å². The molecular formula is C9H18BrNO2. The zero-order valence-corrected chi connectivity index (χ0v) is 9.84. The van der Waals surface area contributed by atoms with E-state index in [1.165, 1.54) is 0 Å². The normalized spacial score (nSPS) is 15.1. The van der Waals surface area contributed by atoms with Crippen LogP contribution in [0.5, 0.6) is 0 Å². The van der Waals surface area contributed by atoms with E-state index in [1.54, 1.807) is 0 Å². The predicted molar refractivity (Wildman–Crippen MR) is 56.8 cm³/mol. The summed E-state index contributed by atoms with van der Waals surface area (Å²) in [7, 11) is 0. The molecule has 0 aromatic carbocycles. The first-order chi connectivity index (χ1) is 6.13. The SMILES string of the molecule is CC[C@H](C)[C@H](N)C(=O)OCCCBr. The van der Waals surface area contributed by atoms with E-state index in [2.05, 4.69) is 15.9 Å². The van der Waals surface area contributed by atoms with Gasteiger partial charge in [0.15, 0.2) is 0 Å². The van der Waals surface area contributed by atoms with Crippen LogP contribution < -0.4 is 5.73 Å². The lowest BCUT2D eigenvalue weighted by molar-refractivity contribution is -0.146. The second-order valence-corrected chi connectivity index (χ2v) is 3.91. The number of carbonyl (C=O) groups is 1. The van der Waals surface area contributed by atoms with E-state index in [9.17, 15) is 4.79 Å². The second kappa shape index (κ2) is 7.33. The molecule has 0 radical (unpaired) electrons. The molecule has 0 heterocycles. The smallest absolute Gasteiger partial charge is 0.323 e. The van der Waals surface area contributed by atoms with Crippen LogP contribution in [-0.4, -0.2) is 23.9 Å². The van der Waals surface area contributed by atoms with Gasteiger partial charge in [-0.15, -0.1) is 0 Å². The molecule has 2 N–H and O–H groups in total. The van der Waals surface area contributed by atoms with Gasteiger partial charge in [0.1, 0.15) is 6.04 Å². The monoisotopic (exact) mass is 251 g/mol. The van der Waals surface area contributed by atoms with Gasteiger partial charge in [-0.2, -0.15) is 0 Å². The molecule has 0 aliphatic rings. The number of halogens is 1. The zero-order chi connectivity index (χ0) is 10.3. The van der Waals surface area contributed by atoms with E-state index in [0.29, 0.717) is 6.61 Å². The molecule has 4 heteroatoms. The number of carbonyl (C=O) groups excluding carboxylic acids is 1. The van der Waals surface area contributed by atoms with Gasteiger partial charge < -0.3 is 10.5 Å². The first-order valence-electron chi connectivity index (χ1n) is 4.61. The van der Waals surface area contributed by atoms with Gasteiger partial charge in [-0.1, -0.05) is 36.2 Å². The Bertz CT molecular complexity index is 153. The Morgan fingerprint density at radius 1 is 1.62 bits per heavy atom. The van der Waals surface area contributed by atoms with Gasteiger partial charge in [-0.05, 0) is 12.3 Å². The zero-order valence-electron chi connectivity index (χ0n) is 8.25. The Kier molecular flexibility index (Phi) is 7.28. The molecule has 0 unspecified atom stereocenters. The summed E-state index contributed by atoms with van der Waals surface area (Å²) < 4.78 is 4.97. The van der Waals surface area contributed by atoms with Crippen LogP contribution in [-0.2, 0) is 9.53 Å². The highest BCUT2D eigenvalue weighted by molar-refractivity contribution is 9.09. The Balaban J connectivity index is 3.69. The number of hydrogen-bond acceptors (Lipinski definition) is 3. The van der Waals surface area contributed by atoms with E-state index >= 15 is 0 Å². The Morgan fingerprint density at radius 2 is 2.23 bits per heavy atom. The van der Waals surface area contributed by atoms with Crippen molar-refractivity contribution in [3.8, 4) is 0 Å². The summed E-state index contributed by atoms with van der Waals surface area (Å²) in [4.78, 5) is 11.3. The Morgan fingerprint density at radius 3 is 2.69 bits per heavy atom. The molecule has 0 saturated heterocycles. The van der Waals surface area contributed by atoms with E-state index in [4.69, 9.17) is 10.5 Å². The number of rotatable bonds is 6. The third kappa shape index (κ3) is 5.26. The van der Waals surface area contributed by atoms with Crippen LogP contribution in [0, 0.1) is 5.92 Å². The summed E-state index contributed by atoms with van der Waals surface area (Å²) in [5.74, 6) is -0.0910. The van der Waals surface area contributed by atoms with Crippen molar-refractivity contribution >= 4 is 21.9 Å². The number of alkyl halides is 1. The van der Waals surface area contributed by atoms with Crippen LogP contribution in [0.3, 0.4) is 0 Å². The average molecular weight is 252 g/mol. The number of nitrogens with two attached hydrogens (primary N) is 1. The first-order valence-corrected chi connectivity index (χ1v) is 5.73. The largest absolute Gasteiger partial charge is 0.464 e. The van der Waals surface area contributed by atoms with Crippen molar-refractivity contribution in [2.45, 2.75) is 32.7 Å². The molecule has 0 rings (SSSR count). The van der Waals surface area contributed by atoms with Crippen LogP contribution in [0.4, 0.5) is 0 Å².